The van der Waals surface area contributed by atoms with Crippen LogP contribution in [0.1, 0.15) is 18.4 Å². The first-order valence-corrected chi connectivity index (χ1v) is 15.9. The fourth-order valence-electron chi connectivity index (χ4n) is 7.43. The van der Waals surface area contributed by atoms with Gasteiger partial charge in [0.25, 0.3) is 0 Å². The Morgan fingerprint density at radius 2 is 1.88 bits per heavy atom. The number of fused-ring (bicyclic) bond motifs is 1. The normalized spacial score (nSPS) is 29.3. The molecule has 0 saturated carbocycles. The molecule has 228 valence electrons. The zero-order valence-electron chi connectivity index (χ0n) is 24.6. The second-order valence-corrected chi connectivity index (χ2v) is 13.5. The summed E-state index contributed by atoms with van der Waals surface area (Å²) in [5.74, 6) is -1.48. The predicted octanol–water partition coefficient (Wildman–Crippen LogP) is 1.67. The molecule has 2 bridgehead atoms. The fraction of sp³-hybridized carbons (Fsp3) is 0.594. The minimum atomic E-state index is -0.766. The number of aliphatic hydroxyl groups is 1. The van der Waals surface area contributed by atoms with E-state index in [0.29, 0.717) is 52.2 Å². The molecule has 3 amide bonds. The number of likely N-dealkylation sites (N-methyl/N-ethyl adjacent to an activating group) is 1. The minimum absolute atomic E-state index is 0.0148. The van der Waals surface area contributed by atoms with Gasteiger partial charge < -0.3 is 24.5 Å². The molecule has 1 spiro atoms. The molecule has 1 aromatic rings. The number of benzene rings is 1. The van der Waals surface area contributed by atoms with E-state index in [1.54, 1.807) is 40.8 Å². The third-order valence-electron chi connectivity index (χ3n) is 9.41. The van der Waals surface area contributed by atoms with Gasteiger partial charge in [-0.3, -0.25) is 19.3 Å². The highest BCUT2D eigenvalue weighted by molar-refractivity contribution is 8.02. The van der Waals surface area contributed by atoms with Crippen LogP contribution in [0.3, 0.4) is 0 Å². The van der Waals surface area contributed by atoms with Gasteiger partial charge in [-0.05, 0) is 24.8 Å². The summed E-state index contributed by atoms with van der Waals surface area (Å²) in [7, 11) is 1.75. The Kier molecular flexibility index (Phi) is 9.77. The first-order valence-electron chi connectivity index (χ1n) is 15.1. The van der Waals surface area contributed by atoms with Gasteiger partial charge >= 0.3 is 0 Å². The number of likely N-dealkylation sites (tertiary alicyclic amines) is 1. The van der Waals surface area contributed by atoms with Crippen molar-refractivity contribution in [1.29, 1.82) is 0 Å². The molecule has 4 aliphatic rings. The molecule has 0 aliphatic carbocycles. The summed E-state index contributed by atoms with van der Waals surface area (Å²) in [6, 6.07) is 8.40. The highest BCUT2D eigenvalue weighted by Gasteiger charge is 2.74. The molecule has 4 fully saturated rings. The van der Waals surface area contributed by atoms with Gasteiger partial charge in [0, 0.05) is 51.6 Å². The van der Waals surface area contributed by atoms with Gasteiger partial charge in [-0.25, -0.2) is 0 Å². The van der Waals surface area contributed by atoms with Gasteiger partial charge in [-0.1, -0.05) is 42.5 Å². The minimum Gasteiger partial charge on any atom is -0.394 e. The van der Waals surface area contributed by atoms with Crippen molar-refractivity contribution < 1.29 is 24.2 Å². The van der Waals surface area contributed by atoms with Crippen molar-refractivity contribution in [3.63, 3.8) is 0 Å². The molecule has 4 heterocycles. The number of hydrogen-bond donors (Lipinski definition) is 1. The summed E-state index contributed by atoms with van der Waals surface area (Å²) >= 11 is 1.66. The number of rotatable bonds is 13. The summed E-state index contributed by atoms with van der Waals surface area (Å²) < 4.78 is 4.78. The second kappa shape index (κ2) is 13.3. The number of nitrogens with zero attached hydrogens (tertiary/aromatic N) is 4. The number of carbonyl (C=O) groups excluding carboxylic acids is 3. The van der Waals surface area contributed by atoms with E-state index < -0.39 is 28.7 Å². The molecular formula is C32H44N4O5S. The van der Waals surface area contributed by atoms with Crippen LogP contribution in [-0.4, -0.2) is 131 Å². The summed E-state index contributed by atoms with van der Waals surface area (Å²) in [6.45, 7) is 12.4. The Bertz CT molecular complexity index is 1160. The zero-order valence-corrected chi connectivity index (χ0v) is 25.4. The molecular weight excluding hydrogens is 552 g/mol. The van der Waals surface area contributed by atoms with Crippen LogP contribution in [-0.2, 0) is 25.5 Å². The van der Waals surface area contributed by atoms with Crippen molar-refractivity contribution in [2.45, 2.75) is 41.3 Å². The average Bonchev–Trinajstić information content (AvgIpc) is 3.66. The van der Waals surface area contributed by atoms with Crippen LogP contribution >= 0.6 is 11.8 Å². The predicted molar refractivity (Wildman–Crippen MR) is 164 cm³/mol. The number of carbonyl (C=O) groups is 3. The van der Waals surface area contributed by atoms with Crippen LogP contribution in [0.4, 0.5) is 0 Å². The second-order valence-electron chi connectivity index (χ2n) is 11.9. The maximum Gasteiger partial charge on any atom is 0.247 e. The van der Waals surface area contributed by atoms with Gasteiger partial charge in [0.15, 0.2) is 0 Å². The van der Waals surface area contributed by atoms with E-state index in [1.165, 1.54) is 0 Å². The number of morpholine rings is 1. The number of hydrogen-bond acceptors (Lipinski definition) is 7. The maximum atomic E-state index is 14.7. The lowest BCUT2D eigenvalue weighted by Crippen LogP contribution is -2.58. The van der Waals surface area contributed by atoms with Crippen LogP contribution in [0.2, 0.25) is 0 Å². The molecule has 9 nitrogen and oxygen atoms in total. The largest absolute Gasteiger partial charge is 0.394 e. The number of aliphatic hydroxyl groups excluding tert-OH is 1. The van der Waals surface area contributed by atoms with E-state index >= 15 is 0 Å². The van der Waals surface area contributed by atoms with Crippen molar-refractivity contribution in [2.24, 2.45) is 11.8 Å². The van der Waals surface area contributed by atoms with Crippen LogP contribution in [0.5, 0.6) is 0 Å². The van der Waals surface area contributed by atoms with Gasteiger partial charge in [0.05, 0.1) is 42.4 Å². The lowest BCUT2D eigenvalue weighted by Gasteiger charge is -2.40. The summed E-state index contributed by atoms with van der Waals surface area (Å²) in [5.41, 5.74) is 0.982. The Morgan fingerprint density at radius 3 is 2.55 bits per heavy atom. The van der Waals surface area contributed by atoms with Crippen molar-refractivity contribution in [2.75, 3.05) is 66.1 Å². The summed E-state index contributed by atoms with van der Waals surface area (Å²) in [4.78, 5) is 50.4. The Labute approximate surface area is 253 Å². The summed E-state index contributed by atoms with van der Waals surface area (Å²) in [6.07, 6.45) is 5.31. The van der Waals surface area contributed by atoms with E-state index in [2.05, 4.69) is 18.1 Å². The van der Waals surface area contributed by atoms with Gasteiger partial charge in [0.2, 0.25) is 17.7 Å². The first-order chi connectivity index (χ1) is 20.4. The number of thioether (sulfide) groups is 1. The maximum absolute atomic E-state index is 14.7. The van der Waals surface area contributed by atoms with Gasteiger partial charge in [-0.15, -0.1) is 24.9 Å². The van der Waals surface area contributed by atoms with Crippen LogP contribution in [0.25, 0.3) is 0 Å². The summed E-state index contributed by atoms with van der Waals surface area (Å²) in [5, 5.41) is 10.7. The standard InChI is InChI=1S/C32H44N4O5S/c1-4-13-33(3)29(38)26-25-11-12-32(42-25)27(26)30(39)36(24(22-37)21-23-9-7-6-8-10-23)28(32)31(40)35(14-5-2)16-15-34-17-19-41-20-18-34/h4-10,24-28,37H,1-2,11-22H2,3H3/t24-,25-,26+,27+,28?,32?/m1/s1. The Balaban J connectivity index is 1.50. The average molecular weight is 597 g/mol. The molecule has 0 radical (unpaired) electrons. The van der Waals surface area contributed by atoms with Crippen molar-refractivity contribution >= 4 is 29.5 Å². The molecule has 42 heavy (non-hydrogen) atoms. The van der Waals surface area contributed by atoms with Crippen molar-refractivity contribution in [3.05, 3.63) is 61.2 Å². The van der Waals surface area contributed by atoms with Crippen LogP contribution in [0, 0.1) is 11.8 Å². The van der Waals surface area contributed by atoms with Crippen molar-refractivity contribution in [1.82, 2.24) is 19.6 Å². The number of amides is 3. The highest BCUT2D eigenvalue weighted by Crippen LogP contribution is 2.67. The molecule has 1 aromatic carbocycles. The molecule has 4 saturated heterocycles. The Morgan fingerprint density at radius 1 is 1.17 bits per heavy atom. The third-order valence-corrected chi connectivity index (χ3v) is 11.4. The molecule has 1 N–H and O–H groups in total. The van der Waals surface area contributed by atoms with Gasteiger partial charge in [0.1, 0.15) is 6.04 Å². The Hall–Kier alpha value is -2.66. The molecule has 5 rings (SSSR count). The van der Waals surface area contributed by atoms with E-state index in [1.807, 2.05) is 35.2 Å². The fourth-order valence-corrected chi connectivity index (χ4v) is 9.62. The van der Waals surface area contributed by atoms with E-state index in [0.717, 1.165) is 25.1 Å². The van der Waals surface area contributed by atoms with E-state index in [4.69, 9.17) is 4.74 Å². The molecule has 6 atom stereocenters. The zero-order chi connectivity index (χ0) is 29.9. The SMILES string of the molecule is C=CCN(C)C(=O)[C@@H]1[C@H]2C(=O)N([C@@H](CO)Cc3ccccc3)C(C(=O)N(CC=C)CCN3CCOCC3)C23CC[C@H]1S3. The van der Waals surface area contributed by atoms with E-state index in [-0.39, 0.29) is 29.6 Å². The highest BCUT2D eigenvalue weighted by atomic mass is 32.2. The van der Waals surface area contributed by atoms with Crippen LogP contribution in [0.15, 0.2) is 55.6 Å². The monoisotopic (exact) mass is 596 g/mol. The first kappa shape index (κ1) is 30.8. The molecule has 4 aliphatic heterocycles. The van der Waals surface area contributed by atoms with E-state index in [9.17, 15) is 19.5 Å². The quantitative estimate of drug-likeness (QED) is 0.347. The third kappa shape index (κ3) is 5.66. The lowest BCUT2D eigenvalue weighted by atomic mass is 9.70. The molecule has 10 heteroatoms. The van der Waals surface area contributed by atoms with Crippen molar-refractivity contribution in [3.8, 4) is 0 Å². The van der Waals surface area contributed by atoms with Gasteiger partial charge in [-0.2, -0.15) is 0 Å². The molecule has 2 unspecified atom stereocenters. The molecule has 0 aromatic heterocycles. The topological polar surface area (TPSA) is 93.6 Å². The lowest BCUT2D eigenvalue weighted by molar-refractivity contribution is -0.146. The number of ether oxygens (including phenoxy) is 1. The smallest absolute Gasteiger partial charge is 0.247 e. The van der Waals surface area contributed by atoms with Crippen LogP contribution < -0.4 is 0 Å².